The molecule has 0 fully saturated rings. The summed E-state index contributed by atoms with van der Waals surface area (Å²) in [6.07, 6.45) is 16.9. The number of esters is 1. The van der Waals surface area contributed by atoms with Crippen LogP contribution in [0.25, 0.3) is 0 Å². The van der Waals surface area contributed by atoms with E-state index in [2.05, 4.69) is 13.8 Å². The lowest BCUT2D eigenvalue weighted by Crippen LogP contribution is -2.08. The molecule has 1 unspecified atom stereocenters. The molecule has 0 aliphatic heterocycles. The lowest BCUT2D eigenvalue weighted by atomic mass is 9.98. The van der Waals surface area contributed by atoms with E-state index in [1.54, 1.807) is 7.11 Å². The smallest absolute Gasteiger partial charge is 0.341 e. The molecular formula is C25H42O3. The highest BCUT2D eigenvalue weighted by atomic mass is 16.5. The molecule has 1 atom stereocenters. The number of carbonyl (C=O) groups is 1. The quantitative estimate of drug-likeness (QED) is 0.218. The molecule has 0 N–H and O–H groups in total. The Labute approximate surface area is 173 Å². The standard InChI is InChI=1S/C25H42O3/c1-5-21(2)17-14-12-10-8-6-7-9-11-13-15-18-22-19-16-20-23(27-3)24(22)25(26)28-4/h16,19-21H,5-15,17-18H2,1-4H3. The van der Waals surface area contributed by atoms with Crippen LogP contribution in [0.3, 0.4) is 0 Å². The maximum Gasteiger partial charge on any atom is 0.341 e. The second kappa shape index (κ2) is 15.4. The Morgan fingerprint density at radius 1 is 0.893 bits per heavy atom. The zero-order chi connectivity index (χ0) is 20.6. The van der Waals surface area contributed by atoms with Crippen molar-refractivity contribution in [3.05, 3.63) is 29.3 Å². The summed E-state index contributed by atoms with van der Waals surface area (Å²) < 4.78 is 10.3. The molecule has 0 bridgehead atoms. The molecule has 0 heterocycles. The molecule has 0 spiro atoms. The fourth-order valence-electron chi connectivity index (χ4n) is 3.72. The Morgan fingerprint density at radius 3 is 2.00 bits per heavy atom. The van der Waals surface area contributed by atoms with Gasteiger partial charge in [-0.25, -0.2) is 4.79 Å². The van der Waals surface area contributed by atoms with E-state index in [0.717, 1.165) is 24.3 Å². The van der Waals surface area contributed by atoms with Gasteiger partial charge >= 0.3 is 5.97 Å². The van der Waals surface area contributed by atoms with Gasteiger partial charge in [-0.2, -0.15) is 0 Å². The van der Waals surface area contributed by atoms with Crippen LogP contribution in [0.15, 0.2) is 18.2 Å². The molecule has 0 aliphatic carbocycles. The number of rotatable bonds is 16. The van der Waals surface area contributed by atoms with Crippen LogP contribution in [0.1, 0.15) is 107 Å². The van der Waals surface area contributed by atoms with E-state index >= 15 is 0 Å². The molecule has 0 saturated carbocycles. The van der Waals surface area contributed by atoms with E-state index in [1.165, 1.54) is 77.7 Å². The molecule has 160 valence electrons. The van der Waals surface area contributed by atoms with Crippen LogP contribution in [-0.4, -0.2) is 20.2 Å². The maximum absolute atomic E-state index is 12.1. The van der Waals surface area contributed by atoms with Crippen molar-refractivity contribution in [1.29, 1.82) is 0 Å². The van der Waals surface area contributed by atoms with Crippen molar-refractivity contribution in [2.24, 2.45) is 5.92 Å². The fourth-order valence-corrected chi connectivity index (χ4v) is 3.72. The van der Waals surface area contributed by atoms with Gasteiger partial charge in [-0.3, -0.25) is 0 Å². The largest absolute Gasteiger partial charge is 0.496 e. The van der Waals surface area contributed by atoms with Crippen molar-refractivity contribution in [2.45, 2.75) is 97.3 Å². The normalized spacial score (nSPS) is 12.0. The summed E-state index contributed by atoms with van der Waals surface area (Å²) in [6, 6.07) is 5.78. The zero-order valence-corrected chi connectivity index (χ0v) is 18.7. The molecule has 3 heteroatoms. The Balaban J connectivity index is 2.11. The van der Waals surface area contributed by atoms with E-state index in [0.29, 0.717) is 11.3 Å². The van der Waals surface area contributed by atoms with Crippen molar-refractivity contribution >= 4 is 5.97 Å². The van der Waals surface area contributed by atoms with Crippen LogP contribution < -0.4 is 4.74 Å². The summed E-state index contributed by atoms with van der Waals surface area (Å²) in [6.45, 7) is 4.66. The van der Waals surface area contributed by atoms with Gasteiger partial charge in [0.15, 0.2) is 0 Å². The van der Waals surface area contributed by atoms with Crippen LogP contribution in [-0.2, 0) is 11.2 Å². The van der Waals surface area contributed by atoms with Crippen LogP contribution in [0.5, 0.6) is 5.75 Å². The minimum Gasteiger partial charge on any atom is -0.496 e. The van der Waals surface area contributed by atoms with Crippen LogP contribution in [0.4, 0.5) is 0 Å². The molecule has 0 saturated heterocycles. The maximum atomic E-state index is 12.1. The summed E-state index contributed by atoms with van der Waals surface area (Å²) in [5.41, 5.74) is 1.62. The van der Waals surface area contributed by atoms with Crippen molar-refractivity contribution in [2.75, 3.05) is 14.2 Å². The third-order valence-corrected chi connectivity index (χ3v) is 5.81. The highest BCUT2D eigenvalue weighted by molar-refractivity contribution is 5.94. The lowest BCUT2D eigenvalue weighted by molar-refractivity contribution is 0.0595. The Morgan fingerprint density at radius 2 is 1.46 bits per heavy atom. The average molecular weight is 391 g/mol. The fraction of sp³-hybridized carbons (Fsp3) is 0.720. The van der Waals surface area contributed by atoms with E-state index < -0.39 is 0 Å². The summed E-state index contributed by atoms with van der Waals surface area (Å²) in [5.74, 6) is 1.20. The van der Waals surface area contributed by atoms with Gasteiger partial charge in [-0.1, -0.05) is 96.6 Å². The van der Waals surface area contributed by atoms with Gasteiger partial charge in [-0.05, 0) is 30.4 Å². The third-order valence-electron chi connectivity index (χ3n) is 5.81. The number of unbranched alkanes of at least 4 members (excludes halogenated alkanes) is 9. The van der Waals surface area contributed by atoms with Gasteiger partial charge in [0.05, 0.1) is 14.2 Å². The van der Waals surface area contributed by atoms with E-state index in [1.807, 2.05) is 18.2 Å². The van der Waals surface area contributed by atoms with E-state index in [-0.39, 0.29) is 5.97 Å². The van der Waals surface area contributed by atoms with Gasteiger partial charge in [0.1, 0.15) is 11.3 Å². The number of hydrogen-bond donors (Lipinski definition) is 0. The van der Waals surface area contributed by atoms with Gasteiger partial charge in [0.25, 0.3) is 0 Å². The number of carbonyl (C=O) groups excluding carboxylic acids is 1. The lowest BCUT2D eigenvalue weighted by Gasteiger charge is -2.12. The Kier molecular flexibility index (Phi) is 13.5. The van der Waals surface area contributed by atoms with E-state index in [4.69, 9.17) is 9.47 Å². The Bertz CT molecular complexity index is 539. The third kappa shape index (κ3) is 9.61. The first kappa shape index (κ1) is 24.5. The molecule has 1 aromatic carbocycles. The number of ether oxygens (including phenoxy) is 2. The molecule has 1 rings (SSSR count). The SMILES string of the molecule is CCC(C)CCCCCCCCCCCCc1cccc(OC)c1C(=O)OC. The van der Waals surface area contributed by atoms with Gasteiger partial charge in [-0.15, -0.1) is 0 Å². The number of methoxy groups -OCH3 is 2. The van der Waals surface area contributed by atoms with Crippen molar-refractivity contribution < 1.29 is 14.3 Å². The topological polar surface area (TPSA) is 35.5 Å². The number of hydrogen-bond acceptors (Lipinski definition) is 3. The van der Waals surface area contributed by atoms with Gasteiger partial charge < -0.3 is 9.47 Å². The highest BCUT2D eigenvalue weighted by Crippen LogP contribution is 2.25. The first-order valence-electron chi connectivity index (χ1n) is 11.4. The summed E-state index contributed by atoms with van der Waals surface area (Å²) in [7, 11) is 3.02. The monoisotopic (exact) mass is 390 g/mol. The zero-order valence-electron chi connectivity index (χ0n) is 18.7. The van der Waals surface area contributed by atoms with Gasteiger partial charge in [0, 0.05) is 0 Å². The predicted molar refractivity (Wildman–Crippen MR) is 118 cm³/mol. The Hall–Kier alpha value is -1.51. The predicted octanol–water partition coefficient (Wildman–Crippen LogP) is 7.36. The minimum atomic E-state index is -0.309. The summed E-state index contributed by atoms with van der Waals surface area (Å²) in [4.78, 5) is 12.1. The molecule has 1 aromatic rings. The van der Waals surface area contributed by atoms with Crippen molar-refractivity contribution in [3.8, 4) is 5.75 Å². The van der Waals surface area contributed by atoms with E-state index in [9.17, 15) is 4.79 Å². The summed E-state index contributed by atoms with van der Waals surface area (Å²) in [5, 5.41) is 0. The number of aryl methyl sites for hydroxylation is 1. The molecule has 0 amide bonds. The first-order valence-corrected chi connectivity index (χ1v) is 11.4. The molecule has 0 aromatic heterocycles. The summed E-state index contributed by atoms with van der Waals surface area (Å²) >= 11 is 0. The van der Waals surface area contributed by atoms with Crippen molar-refractivity contribution in [3.63, 3.8) is 0 Å². The van der Waals surface area contributed by atoms with Crippen LogP contribution >= 0.6 is 0 Å². The number of benzene rings is 1. The second-order valence-corrected chi connectivity index (χ2v) is 8.07. The minimum absolute atomic E-state index is 0.309. The van der Waals surface area contributed by atoms with Gasteiger partial charge in [0.2, 0.25) is 0 Å². The van der Waals surface area contributed by atoms with Crippen LogP contribution in [0.2, 0.25) is 0 Å². The molecular weight excluding hydrogens is 348 g/mol. The van der Waals surface area contributed by atoms with Crippen molar-refractivity contribution in [1.82, 2.24) is 0 Å². The molecule has 0 radical (unpaired) electrons. The van der Waals surface area contributed by atoms with Crippen LogP contribution in [0, 0.1) is 5.92 Å². The molecule has 28 heavy (non-hydrogen) atoms. The molecule has 3 nitrogen and oxygen atoms in total. The molecule has 0 aliphatic rings. The second-order valence-electron chi connectivity index (χ2n) is 8.07. The average Bonchev–Trinajstić information content (AvgIpc) is 2.73. The highest BCUT2D eigenvalue weighted by Gasteiger charge is 2.17. The first-order chi connectivity index (χ1) is 13.6.